The van der Waals surface area contributed by atoms with Gasteiger partial charge < -0.3 is 15.0 Å². The Morgan fingerprint density at radius 3 is 3.00 bits per heavy atom. The first-order chi connectivity index (χ1) is 7.25. The van der Waals surface area contributed by atoms with Crippen LogP contribution in [0.2, 0.25) is 0 Å². The van der Waals surface area contributed by atoms with E-state index in [1.165, 1.54) is 0 Å². The van der Waals surface area contributed by atoms with E-state index in [1.54, 1.807) is 18.6 Å². The number of aryl methyl sites for hydroxylation is 1. The standard InChI is InChI=1S/C11H13N3O/c1-14-8-13-6-10(14)7-15-11-4-2-3-9(12)5-11/h2-6,8H,7,12H2,1H3. The molecule has 15 heavy (non-hydrogen) atoms. The van der Waals surface area contributed by atoms with E-state index in [9.17, 15) is 0 Å². The van der Waals surface area contributed by atoms with E-state index in [-0.39, 0.29) is 0 Å². The van der Waals surface area contributed by atoms with Gasteiger partial charge in [-0.2, -0.15) is 0 Å². The Balaban J connectivity index is 2.02. The molecule has 0 fully saturated rings. The summed E-state index contributed by atoms with van der Waals surface area (Å²) >= 11 is 0. The van der Waals surface area contributed by atoms with Crippen molar-refractivity contribution in [2.75, 3.05) is 5.73 Å². The van der Waals surface area contributed by atoms with Gasteiger partial charge in [0.2, 0.25) is 0 Å². The van der Waals surface area contributed by atoms with Crippen LogP contribution < -0.4 is 10.5 Å². The summed E-state index contributed by atoms with van der Waals surface area (Å²) in [7, 11) is 1.94. The molecule has 4 nitrogen and oxygen atoms in total. The lowest BCUT2D eigenvalue weighted by Gasteiger charge is -2.06. The van der Waals surface area contributed by atoms with Crippen LogP contribution in [0, 0.1) is 0 Å². The monoisotopic (exact) mass is 203 g/mol. The predicted molar refractivity (Wildman–Crippen MR) is 58.4 cm³/mol. The van der Waals surface area contributed by atoms with Gasteiger partial charge in [0.25, 0.3) is 0 Å². The molecule has 1 aromatic carbocycles. The second-order valence-corrected chi connectivity index (χ2v) is 3.36. The van der Waals surface area contributed by atoms with E-state index < -0.39 is 0 Å². The number of anilines is 1. The minimum Gasteiger partial charge on any atom is -0.487 e. The quantitative estimate of drug-likeness (QED) is 0.770. The van der Waals surface area contributed by atoms with E-state index in [0.717, 1.165) is 11.4 Å². The van der Waals surface area contributed by atoms with Crippen LogP contribution in [-0.2, 0) is 13.7 Å². The first-order valence-electron chi connectivity index (χ1n) is 4.69. The maximum atomic E-state index is 5.64. The van der Waals surface area contributed by atoms with Crippen LogP contribution >= 0.6 is 0 Å². The third kappa shape index (κ3) is 2.28. The van der Waals surface area contributed by atoms with Crippen molar-refractivity contribution in [3.63, 3.8) is 0 Å². The topological polar surface area (TPSA) is 53.1 Å². The molecule has 0 saturated carbocycles. The molecule has 0 atom stereocenters. The number of benzene rings is 1. The zero-order valence-corrected chi connectivity index (χ0v) is 8.55. The zero-order chi connectivity index (χ0) is 10.7. The third-order valence-electron chi connectivity index (χ3n) is 2.16. The van der Waals surface area contributed by atoms with Gasteiger partial charge >= 0.3 is 0 Å². The Bertz CT molecular complexity index is 451. The lowest BCUT2D eigenvalue weighted by atomic mass is 10.3. The van der Waals surface area contributed by atoms with Crippen molar-refractivity contribution in [1.82, 2.24) is 9.55 Å². The van der Waals surface area contributed by atoms with E-state index >= 15 is 0 Å². The van der Waals surface area contributed by atoms with Crippen LogP contribution in [0.3, 0.4) is 0 Å². The summed E-state index contributed by atoms with van der Waals surface area (Å²) < 4.78 is 7.49. The SMILES string of the molecule is Cn1cncc1COc1cccc(N)c1. The highest BCUT2D eigenvalue weighted by molar-refractivity contribution is 5.43. The van der Waals surface area contributed by atoms with Crippen molar-refractivity contribution in [2.24, 2.45) is 7.05 Å². The van der Waals surface area contributed by atoms with Crippen LogP contribution in [-0.4, -0.2) is 9.55 Å². The summed E-state index contributed by atoms with van der Waals surface area (Å²) in [6.45, 7) is 0.500. The molecule has 0 aliphatic carbocycles. The maximum absolute atomic E-state index is 5.64. The Hall–Kier alpha value is -1.97. The van der Waals surface area contributed by atoms with Crippen molar-refractivity contribution >= 4 is 5.69 Å². The molecule has 4 heteroatoms. The van der Waals surface area contributed by atoms with E-state index in [1.807, 2.05) is 29.8 Å². The minimum atomic E-state index is 0.500. The number of nitrogens with zero attached hydrogens (tertiary/aromatic N) is 2. The summed E-state index contributed by atoms with van der Waals surface area (Å²) in [6.07, 6.45) is 3.53. The molecule has 2 N–H and O–H groups in total. The van der Waals surface area contributed by atoms with Gasteiger partial charge in [-0.05, 0) is 12.1 Å². The first kappa shape index (κ1) is 9.58. The first-order valence-corrected chi connectivity index (χ1v) is 4.69. The molecule has 0 saturated heterocycles. The second kappa shape index (κ2) is 4.04. The van der Waals surface area contributed by atoms with Crippen molar-refractivity contribution in [2.45, 2.75) is 6.61 Å². The van der Waals surface area contributed by atoms with Gasteiger partial charge in [-0.15, -0.1) is 0 Å². The number of rotatable bonds is 3. The molecule has 0 bridgehead atoms. The molecule has 0 spiro atoms. The Kier molecular flexibility index (Phi) is 2.58. The Morgan fingerprint density at radius 1 is 1.47 bits per heavy atom. The molecule has 2 aromatic rings. The largest absolute Gasteiger partial charge is 0.487 e. The van der Waals surface area contributed by atoms with E-state index in [2.05, 4.69) is 4.98 Å². The molecule has 0 amide bonds. The number of aromatic nitrogens is 2. The highest BCUT2D eigenvalue weighted by Crippen LogP contribution is 2.15. The van der Waals surface area contributed by atoms with Gasteiger partial charge in [-0.25, -0.2) is 4.98 Å². The summed E-state index contributed by atoms with van der Waals surface area (Å²) in [5, 5.41) is 0. The molecular weight excluding hydrogens is 190 g/mol. The lowest BCUT2D eigenvalue weighted by Crippen LogP contribution is -2.01. The number of imidazole rings is 1. The van der Waals surface area contributed by atoms with Gasteiger partial charge in [0.1, 0.15) is 12.4 Å². The van der Waals surface area contributed by atoms with Crippen LogP contribution in [0.1, 0.15) is 5.69 Å². The molecular formula is C11H13N3O. The predicted octanol–water partition coefficient (Wildman–Crippen LogP) is 1.58. The number of nitrogens with two attached hydrogens (primary N) is 1. The lowest BCUT2D eigenvalue weighted by molar-refractivity contribution is 0.297. The van der Waals surface area contributed by atoms with Crippen LogP contribution in [0.4, 0.5) is 5.69 Å². The van der Waals surface area contributed by atoms with Gasteiger partial charge in [0, 0.05) is 18.8 Å². The third-order valence-corrected chi connectivity index (χ3v) is 2.16. The van der Waals surface area contributed by atoms with Gasteiger partial charge in [-0.1, -0.05) is 6.07 Å². The average molecular weight is 203 g/mol. The van der Waals surface area contributed by atoms with Crippen LogP contribution in [0.15, 0.2) is 36.8 Å². The molecule has 0 radical (unpaired) electrons. The van der Waals surface area contributed by atoms with Crippen molar-refractivity contribution in [1.29, 1.82) is 0 Å². The van der Waals surface area contributed by atoms with Crippen molar-refractivity contribution < 1.29 is 4.74 Å². The normalized spacial score (nSPS) is 10.2. The molecule has 1 heterocycles. The van der Waals surface area contributed by atoms with Crippen LogP contribution in [0.25, 0.3) is 0 Å². The maximum Gasteiger partial charge on any atom is 0.130 e. The number of ether oxygens (including phenoxy) is 1. The number of nitrogen functional groups attached to an aromatic ring is 1. The summed E-state index contributed by atoms with van der Waals surface area (Å²) in [6, 6.07) is 7.38. The summed E-state index contributed by atoms with van der Waals surface area (Å²) in [5.74, 6) is 0.774. The highest BCUT2D eigenvalue weighted by atomic mass is 16.5. The average Bonchev–Trinajstić information content (AvgIpc) is 2.61. The minimum absolute atomic E-state index is 0.500. The fraction of sp³-hybridized carbons (Fsp3) is 0.182. The van der Waals surface area contributed by atoms with E-state index in [0.29, 0.717) is 12.3 Å². The Labute approximate surface area is 88.3 Å². The van der Waals surface area contributed by atoms with Crippen molar-refractivity contribution in [3.05, 3.63) is 42.5 Å². The number of hydrogen-bond acceptors (Lipinski definition) is 3. The van der Waals surface area contributed by atoms with E-state index in [4.69, 9.17) is 10.5 Å². The van der Waals surface area contributed by atoms with Gasteiger partial charge in [-0.3, -0.25) is 0 Å². The molecule has 78 valence electrons. The van der Waals surface area contributed by atoms with Crippen LogP contribution in [0.5, 0.6) is 5.75 Å². The van der Waals surface area contributed by atoms with Gasteiger partial charge in [0.05, 0.1) is 18.2 Å². The molecule has 0 aliphatic rings. The fourth-order valence-electron chi connectivity index (χ4n) is 1.29. The summed E-state index contributed by atoms with van der Waals surface area (Å²) in [4.78, 5) is 4.01. The molecule has 2 rings (SSSR count). The highest BCUT2D eigenvalue weighted by Gasteiger charge is 1.99. The molecule has 0 aliphatic heterocycles. The zero-order valence-electron chi connectivity index (χ0n) is 8.55. The molecule has 1 aromatic heterocycles. The fourth-order valence-corrected chi connectivity index (χ4v) is 1.29. The Morgan fingerprint density at radius 2 is 2.33 bits per heavy atom. The number of hydrogen-bond donors (Lipinski definition) is 1. The molecule has 0 unspecified atom stereocenters. The second-order valence-electron chi connectivity index (χ2n) is 3.36. The van der Waals surface area contributed by atoms with Crippen molar-refractivity contribution in [3.8, 4) is 5.75 Å². The summed E-state index contributed by atoms with van der Waals surface area (Å²) in [5.41, 5.74) is 7.37. The van der Waals surface area contributed by atoms with Gasteiger partial charge in [0.15, 0.2) is 0 Å². The smallest absolute Gasteiger partial charge is 0.130 e.